The number of rotatable bonds is 8. The molecule has 0 aromatic heterocycles. The molecule has 0 aliphatic carbocycles. The molecule has 0 saturated heterocycles. The summed E-state index contributed by atoms with van der Waals surface area (Å²) in [6, 6.07) is 7.64. The smallest absolute Gasteiger partial charge is 0.260 e. The standard InChI is InChI=1S/C16H25NO3/c1-4-14(8-9-18)11-17-16(19)13(3)20-15-7-5-6-12(2)10-15/h5-7,10,13-14,18H,4,8-9,11H2,1-3H3,(H,17,19). The zero-order valence-electron chi connectivity index (χ0n) is 12.6. The van der Waals surface area contributed by atoms with Crippen molar-refractivity contribution >= 4 is 5.91 Å². The normalized spacial score (nSPS) is 13.6. The Morgan fingerprint density at radius 1 is 1.45 bits per heavy atom. The molecule has 2 atom stereocenters. The van der Waals surface area contributed by atoms with Gasteiger partial charge in [-0.05, 0) is 43.9 Å². The minimum atomic E-state index is -0.525. The van der Waals surface area contributed by atoms with E-state index in [0.717, 1.165) is 12.0 Å². The molecule has 1 aromatic rings. The van der Waals surface area contributed by atoms with Crippen LogP contribution in [0.25, 0.3) is 0 Å². The van der Waals surface area contributed by atoms with Crippen molar-refractivity contribution in [2.45, 2.75) is 39.7 Å². The van der Waals surface area contributed by atoms with Gasteiger partial charge in [0.15, 0.2) is 6.10 Å². The van der Waals surface area contributed by atoms with Crippen molar-refractivity contribution in [1.82, 2.24) is 5.32 Å². The quantitative estimate of drug-likeness (QED) is 0.767. The monoisotopic (exact) mass is 279 g/mol. The summed E-state index contributed by atoms with van der Waals surface area (Å²) in [6.45, 7) is 6.52. The molecule has 1 amide bonds. The maximum Gasteiger partial charge on any atom is 0.260 e. The summed E-state index contributed by atoms with van der Waals surface area (Å²) in [5.41, 5.74) is 1.10. The summed E-state index contributed by atoms with van der Waals surface area (Å²) in [4.78, 5) is 12.0. The van der Waals surface area contributed by atoms with Crippen LogP contribution < -0.4 is 10.1 Å². The first-order chi connectivity index (χ1) is 9.56. The van der Waals surface area contributed by atoms with Crippen LogP contribution in [0.4, 0.5) is 0 Å². The lowest BCUT2D eigenvalue weighted by atomic mass is 10.0. The number of carbonyl (C=O) groups is 1. The van der Waals surface area contributed by atoms with E-state index in [-0.39, 0.29) is 12.5 Å². The molecular formula is C16H25NO3. The summed E-state index contributed by atoms with van der Waals surface area (Å²) >= 11 is 0. The Morgan fingerprint density at radius 2 is 2.20 bits per heavy atom. The van der Waals surface area contributed by atoms with Crippen LogP contribution in [0.2, 0.25) is 0 Å². The Kier molecular flexibility index (Phi) is 7.09. The van der Waals surface area contributed by atoms with Crippen LogP contribution in [0.5, 0.6) is 5.75 Å². The summed E-state index contributed by atoms with van der Waals surface area (Å²) in [5.74, 6) is 0.896. The number of aliphatic hydroxyl groups excluding tert-OH is 1. The lowest BCUT2D eigenvalue weighted by Gasteiger charge is -2.18. The molecule has 20 heavy (non-hydrogen) atoms. The number of benzene rings is 1. The fraction of sp³-hybridized carbons (Fsp3) is 0.562. The molecule has 0 radical (unpaired) electrons. The van der Waals surface area contributed by atoms with Gasteiger partial charge in [-0.3, -0.25) is 4.79 Å². The van der Waals surface area contributed by atoms with Gasteiger partial charge in [-0.15, -0.1) is 0 Å². The topological polar surface area (TPSA) is 58.6 Å². The minimum absolute atomic E-state index is 0.122. The van der Waals surface area contributed by atoms with Crippen LogP contribution >= 0.6 is 0 Å². The second-order valence-corrected chi connectivity index (χ2v) is 5.11. The van der Waals surface area contributed by atoms with E-state index in [4.69, 9.17) is 9.84 Å². The van der Waals surface area contributed by atoms with E-state index < -0.39 is 6.10 Å². The van der Waals surface area contributed by atoms with Gasteiger partial charge in [0.05, 0.1) is 0 Å². The van der Waals surface area contributed by atoms with E-state index in [1.807, 2.05) is 31.2 Å². The molecule has 0 spiro atoms. The van der Waals surface area contributed by atoms with Crippen LogP contribution in [-0.4, -0.2) is 30.3 Å². The van der Waals surface area contributed by atoms with E-state index >= 15 is 0 Å². The fourth-order valence-corrected chi connectivity index (χ4v) is 1.97. The van der Waals surface area contributed by atoms with Crippen molar-refractivity contribution < 1.29 is 14.6 Å². The van der Waals surface area contributed by atoms with Gasteiger partial charge >= 0.3 is 0 Å². The predicted molar refractivity (Wildman–Crippen MR) is 79.8 cm³/mol. The van der Waals surface area contributed by atoms with Gasteiger partial charge in [0.25, 0.3) is 5.91 Å². The largest absolute Gasteiger partial charge is 0.481 e. The molecule has 2 unspecified atom stereocenters. The zero-order chi connectivity index (χ0) is 15.0. The van der Waals surface area contributed by atoms with Crippen LogP contribution in [-0.2, 0) is 4.79 Å². The Morgan fingerprint density at radius 3 is 2.80 bits per heavy atom. The van der Waals surface area contributed by atoms with E-state index in [2.05, 4.69) is 12.2 Å². The van der Waals surface area contributed by atoms with Gasteiger partial charge < -0.3 is 15.2 Å². The number of aliphatic hydroxyl groups is 1. The third kappa shape index (κ3) is 5.61. The van der Waals surface area contributed by atoms with Crippen LogP contribution in [0, 0.1) is 12.8 Å². The van der Waals surface area contributed by atoms with Gasteiger partial charge in [-0.1, -0.05) is 25.5 Å². The zero-order valence-corrected chi connectivity index (χ0v) is 12.6. The second kappa shape index (κ2) is 8.59. The molecule has 1 aromatic carbocycles. The first-order valence-corrected chi connectivity index (χ1v) is 7.18. The summed E-state index contributed by atoms with van der Waals surface area (Å²) in [5, 5.41) is 11.8. The maximum absolute atomic E-state index is 12.0. The number of hydrogen-bond acceptors (Lipinski definition) is 3. The van der Waals surface area contributed by atoms with Crippen molar-refractivity contribution in [1.29, 1.82) is 0 Å². The van der Waals surface area contributed by atoms with E-state index in [1.165, 1.54) is 0 Å². The van der Waals surface area contributed by atoms with Crippen molar-refractivity contribution in [3.8, 4) is 5.75 Å². The highest BCUT2D eigenvalue weighted by molar-refractivity contribution is 5.80. The van der Waals surface area contributed by atoms with Crippen LogP contribution in [0.15, 0.2) is 24.3 Å². The molecule has 0 fully saturated rings. The molecule has 0 aliphatic heterocycles. The van der Waals surface area contributed by atoms with Crippen molar-refractivity contribution in [2.75, 3.05) is 13.2 Å². The molecule has 0 heterocycles. The average molecular weight is 279 g/mol. The Bertz CT molecular complexity index is 420. The van der Waals surface area contributed by atoms with Gasteiger partial charge in [0.2, 0.25) is 0 Å². The second-order valence-electron chi connectivity index (χ2n) is 5.11. The van der Waals surface area contributed by atoms with Crippen LogP contribution in [0.1, 0.15) is 32.3 Å². The minimum Gasteiger partial charge on any atom is -0.481 e. The van der Waals surface area contributed by atoms with Crippen molar-refractivity contribution in [3.05, 3.63) is 29.8 Å². The molecule has 4 nitrogen and oxygen atoms in total. The van der Waals surface area contributed by atoms with Gasteiger partial charge in [-0.25, -0.2) is 0 Å². The molecular weight excluding hydrogens is 254 g/mol. The van der Waals surface area contributed by atoms with Crippen LogP contribution in [0.3, 0.4) is 0 Å². The van der Waals surface area contributed by atoms with Gasteiger partial charge in [-0.2, -0.15) is 0 Å². The lowest BCUT2D eigenvalue weighted by molar-refractivity contribution is -0.127. The molecule has 112 valence electrons. The summed E-state index contributed by atoms with van der Waals surface area (Å²) in [6.07, 6.45) is 1.13. The number of hydrogen-bond donors (Lipinski definition) is 2. The highest BCUT2D eigenvalue weighted by Crippen LogP contribution is 2.14. The van der Waals surface area contributed by atoms with Crippen molar-refractivity contribution in [2.24, 2.45) is 5.92 Å². The molecule has 0 bridgehead atoms. The molecule has 4 heteroatoms. The highest BCUT2D eigenvalue weighted by atomic mass is 16.5. The number of nitrogens with one attached hydrogen (secondary N) is 1. The molecule has 1 rings (SSSR count). The third-order valence-corrected chi connectivity index (χ3v) is 3.35. The first kappa shape index (κ1) is 16.5. The number of amides is 1. The summed E-state index contributed by atoms with van der Waals surface area (Å²) < 4.78 is 5.62. The van der Waals surface area contributed by atoms with Gasteiger partial charge in [0, 0.05) is 13.2 Å². The van der Waals surface area contributed by atoms with E-state index in [9.17, 15) is 4.79 Å². The number of ether oxygens (including phenoxy) is 1. The average Bonchev–Trinajstić information content (AvgIpc) is 2.43. The molecule has 0 saturated carbocycles. The Balaban J connectivity index is 2.42. The first-order valence-electron chi connectivity index (χ1n) is 7.18. The number of aryl methyl sites for hydroxylation is 1. The Hall–Kier alpha value is -1.55. The SMILES string of the molecule is CCC(CCO)CNC(=O)C(C)Oc1cccc(C)c1. The number of carbonyl (C=O) groups excluding carboxylic acids is 1. The predicted octanol–water partition coefficient (Wildman–Crippen LogP) is 2.29. The van der Waals surface area contributed by atoms with E-state index in [1.54, 1.807) is 6.92 Å². The van der Waals surface area contributed by atoms with E-state index in [0.29, 0.717) is 24.6 Å². The molecule has 2 N–H and O–H groups in total. The summed E-state index contributed by atoms with van der Waals surface area (Å²) in [7, 11) is 0. The van der Waals surface area contributed by atoms with Crippen molar-refractivity contribution in [3.63, 3.8) is 0 Å². The highest BCUT2D eigenvalue weighted by Gasteiger charge is 2.16. The van der Waals surface area contributed by atoms with Gasteiger partial charge in [0.1, 0.15) is 5.75 Å². The molecule has 0 aliphatic rings. The lowest BCUT2D eigenvalue weighted by Crippen LogP contribution is -2.39. The Labute approximate surface area is 121 Å². The maximum atomic E-state index is 12.0. The fourth-order valence-electron chi connectivity index (χ4n) is 1.97. The third-order valence-electron chi connectivity index (χ3n) is 3.35.